The molecule has 1 unspecified atom stereocenters. The molecule has 1 aromatic rings. The third-order valence-corrected chi connectivity index (χ3v) is 4.45. The Morgan fingerprint density at radius 3 is 2.50 bits per heavy atom. The SMILES string of the molecule is O=C(NCCNC(=O)N(CC1CCOC1)C1CC1)c1ccccc1. The molecule has 6 heteroatoms. The molecule has 0 spiro atoms. The van der Waals surface area contributed by atoms with Gasteiger partial charge in [-0.25, -0.2) is 4.79 Å². The highest BCUT2D eigenvalue weighted by Gasteiger charge is 2.34. The standard InChI is InChI=1S/C18H25N3O3/c22-17(15-4-2-1-3-5-15)19-9-10-20-18(23)21(16-6-7-16)12-14-8-11-24-13-14/h1-5,14,16H,6-13H2,(H,19,22)(H,20,23). The maximum atomic E-state index is 12.4. The number of benzene rings is 1. The molecule has 1 aliphatic heterocycles. The van der Waals surface area contributed by atoms with E-state index in [1.165, 1.54) is 0 Å². The van der Waals surface area contributed by atoms with E-state index in [0.717, 1.165) is 39.0 Å². The van der Waals surface area contributed by atoms with Crippen LogP contribution in [-0.2, 0) is 4.74 Å². The van der Waals surface area contributed by atoms with Crippen molar-refractivity contribution in [1.82, 2.24) is 15.5 Å². The van der Waals surface area contributed by atoms with Crippen molar-refractivity contribution in [3.8, 4) is 0 Å². The number of hydrogen-bond donors (Lipinski definition) is 2. The Kier molecular flexibility index (Phi) is 5.69. The number of amides is 3. The van der Waals surface area contributed by atoms with Crippen LogP contribution >= 0.6 is 0 Å². The smallest absolute Gasteiger partial charge is 0.317 e. The number of rotatable bonds is 7. The number of hydrogen-bond acceptors (Lipinski definition) is 3. The average molecular weight is 331 g/mol. The minimum Gasteiger partial charge on any atom is -0.381 e. The van der Waals surface area contributed by atoms with Crippen molar-refractivity contribution < 1.29 is 14.3 Å². The number of nitrogens with zero attached hydrogens (tertiary/aromatic N) is 1. The molecule has 3 amide bonds. The van der Waals surface area contributed by atoms with Gasteiger partial charge in [0.1, 0.15) is 0 Å². The van der Waals surface area contributed by atoms with E-state index in [0.29, 0.717) is 30.6 Å². The van der Waals surface area contributed by atoms with Crippen LogP contribution in [0.1, 0.15) is 29.6 Å². The molecule has 130 valence electrons. The molecular weight excluding hydrogens is 306 g/mol. The van der Waals surface area contributed by atoms with Gasteiger partial charge in [0.25, 0.3) is 5.91 Å². The molecule has 0 radical (unpaired) electrons. The largest absolute Gasteiger partial charge is 0.381 e. The topological polar surface area (TPSA) is 70.7 Å². The normalized spacial score (nSPS) is 19.8. The highest BCUT2D eigenvalue weighted by atomic mass is 16.5. The summed E-state index contributed by atoms with van der Waals surface area (Å²) in [6, 6.07) is 9.42. The van der Waals surface area contributed by atoms with Crippen molar-refractivity contribution in [2.45, 2.75) is 25.3 Å². The van der Waals surface area contributed by atoms with Gasteiger partial charge in [0.15, 0.2) is 0 Å². The highest BCUT2D eigenvalue weighted by Crippen LogP contribution is 2.28. The predicted molar refractivity (Wildman–Crippen MR) is 90.8 cm³/mol. The molecule has 24 heavy (non-hydrogen) atoms. The van der Waals surface area contributed by atoms with Crippen LogP contribution in [0.2, 0.25) is 0 Å². The molecule has 0 bridgehead atoms. The second-order valence-electron chi connectivity index (χ2n) is 6.47. The zero-order valence-corrected chi connectivity index (χ0v) is 13.9. The monoisotopic (exact) mass is 331 g/mol. The predicted octanol–water partition coefficient (Wildman–Crippen LogP) is 1.63. The van der Waals surface area contributed by atoms with Gasteiger partial charge in [0.05, 0.1) is 6.61 Å². The number of carbonyl (C=O) groups is 2. The van der Waals surface area contributed by atoms with Crippen LogP contribution in [0.5, 0.6) is 0 Å². The first-order valence-electron chi connectivity index (χ1n) is 8.69. The van der Waals surface area contributed by atoms with E-state index in [2.05, 4.69) is 10.6 Å². The summed E-state index contributed by atoms with van der Waals surface area (Å²) in [5.74, 6) is 0.334. The molecule has 2 aliphatic rings. The van der Waals surface area contributed by atoms with Crippen molar-refractivity contribution in [3.05, 3.63) is 35.9 Å². The summed E-state index contributed by atoms with van der Waals surface area (Å²) in [6.07, 6.45) is 3.21. The molecule has 0 aromatic heterocycles. The van der Waals surface area contributed by atoms with Crippen molar-refractivity contribution in [3.63, 3.8) is 0 Å². The minimum absolute atomic E-state index is 0.0293. The van der Waals surface area contributed by atoms with E-state index in [-0.39, 0.29) is 11.9 Å². The molecule has 1 atom stereocenters. The molecule has 1 aliphatic carbocycles. The van der Waals surface area contributed by atoms with Gasteiger partial charge in [-0.3, -0.25) is 4.79 Å². The Labute approximate surface area is 142 Å². The molecule has 2 N–H and O–H groups in total. The average Bonchev–Trinajstić information content (AvgIpc) is 3.32. The van der Waals surface area contributed by atoms with Crippen LogP contribution in [0.15, 0.2) is 30.3 Å². The van der Waals surface area contributed by atoms with Gasteiger partial charge in [-0.1, -0.05) is 18.2 Å². The zero-order chi connectivity index (χ0) is 16.8. The lowest BCUT2D eigenvalue weighted by Gasteiger charge is -2.25. The van der Waals surface area contributed by atoms with Crippen molar-refractivity contribution >= 4 is 11.9 Å². The molecule has 2 fully saturated rings. The molecule has 1 aromatic carbocycles. The van der Waals surface area contributed by atoms with Crippen molar-refractivity contribution in [2.75, 3.05) is 32.8 Å². The van der Waals surface area contributed by atoms with Gasteiger partial charge < -0.3 is 20.3 Å². The van der Waals surface area contributed by atoms with Gasteiger partial charge >= 0.3 is 6.03 Å². The Hall–Kier alpha value is -2.08. The zero-order valence-electron chi connectivity index (χ0n) is 13.9. The summed E-state index contributed by atoms with van der Waals surface area (Å²) in [5, 5.41) is 5.74. The summed E-state index contributed by atoms with van der Waals surface area (Å²) in [5.41, 5.74) is 0.629. The Morgan fingerprint density at radius 2 is 1.83 bits per heavy atom. The van der Waals surface area contributed by atoms with E-state index in [1.54, 1.807) is 12.1 Å². The fourth-order valence-corrected chi connectivity index (χ4v) is 2.93. The van der Waals surface area contributed by atoms with Crippen molar-refractivity contribution in [2.24, 2.45) is 5.92 Å². The van der Waals surface area contributed by atoms with E-state index in [9.17, 15) is 9.59 Å². The van der Waals surface area contributed by atoms with Gasteiger partial charge in [-0.05, 0) is 31.4 Å². The number of ether oxygens (including phenoxy) is 1. The van der Waals surface area contributed by atoms with E-state index in [4.69, 9.17) is 4.74 Å². The van der Waals surface area contributed by atoms with Gasteiger partial charge in [-0.2, -0.15) is 0 Å². The van der Waals surface area contributed by atoms with Crippen LogP contribution in [0.3, 0.4) is 0 Å². The summed E-state index contributed by atoms with van der Waals surface area (Å²) in [7, 11) is 0. The van der Waals surface area contributed by atoms with Crippen molar-refractivity contribution in [1.29, 1.82) is 0 Å². The van der Waals surface area contributed by atoms with E-state index in [1.807, 2.05) is 23.1 Å². The lowest BCUT2D eigenvalue weighted by Crippen LogP contribution is -2.46. The van der Waals surface area contributed by atoms with Crippen LogP contribution in [0, 0.1) is 5.92 Å². The minimum atomic E-state index is -0.119. The second-order valence-corrected chi connectivity index (χ2v) is 6.47. The van der Waals surface area contributed by atoms with Crippen LogP contribution in [-0.4, -0.2) is 55.7 Å². The summed E-state index contributed by atoms with van der Waals surface area (Å²) in [4.78, 5) is 26.3. The number of carbonyl (C=O) groups excluding carboxylic acids is 2. The maximum absolute atomic E-state index is 12.4. The number of nitrogens with one attached hydrogen (secondary N) is 2. The molecule has 6 nitrogen and oxygen atoms in total. The highest BCUT2D eigenvalue weighted by molar-refractivity contribution is 5.94. The molecule has 1 heterocycles. The van der Waals surface area contributed by atoms with E-state index < -0.39 is 0 Å². The van der Waals surface area contributed by atoms with Crippen LogP contribution < -0.4 is 10.6 Å². The fraction of sp³-hybridized carbons (Fsp3) is 0.556. The Morgan fingerprint density at radius 1 is 1.08 bits per heavy atom. The summed E-state index contributed by atoms with van der Waals surface area (Å²) in [6.45, 7) is 3.18. The summed E-state index contributed by atoms with van der Waals surface area (Å²) < 4.78 is 5.40. The third kappa shape index (κ3) is 4.71. The van der Waals surface area contributed by atoms with Gasteiger partial charge in [0, 0.05) is 43.8 Å². The first kappa shape index (κ1) is 16.8. The summed E-state index contributed by atoms with van der Waals surface area (Å²) >= 11 is 0. The molecule has 1 saturated carbocycles. The molecule has 1 saturated heterocycles. The van der Waals surface area contributed by atoms with Crippen LogP contribution in [0.25, 0.3) is 0 Å². The molecule has 3 rings (SSSR count). The maximum Gasteiger partial charge on any atom is 0.317 e. The molecular formula is C18H25N3O3. The third-order valence-electron chi connectivity index (χ3n) is 4.45. The Bertz CT molecular complexity index is 554. The second kappa shape index (κ2) is 8.15. The quantitative estimate of drug-likeness (QED) is 0.746. The van der Waals surface area contributed by atoms with E-state index >= 15 is 0 Å². The fourth-order valence-electron chi connectivity index (χ4n) is 2.93. The first-order valence-corrected chi connectivity index (χ1v) is 8.69. The van der Waals surface area contributed by atoms with Gasteiger partial charge in [-0.15, -0.1) is 0 Å². The first-order chi connectivity index (χ1) is 11.7. The number of urea groups is 1. The lowest BCUT2D eigenvalue weighted by molar-refractivity contribution is 0.0953. The lowest BCUT2D eigenvalue weighted by atomic mass is 10.1. The van der Waals surface area contributed by atoms with Crippen LogP contribution in [0.4, 0.5) is 4.79 Å². The van der Waals surface area contributed by atoms with Gasteiger partial charge in [0.2, 0.25) is 0 Å². The Balaban J connectivity index is 1.38.